The third-order valence-electron chi connectivity index (χ3n) is 3.86. The fourth-order valence-electron chi connectivity index (χ4n) is 2.43. The highest BCUT2D eigenvalue weighted by molar-refractivity contribution is 5.82. The summed E-state index contributed by atoms with van der Waals surface area (Å²) in [6, 6.07) is -0.442. The second-order valence-electron chi connectivity index (χ2n) is 5.51. The van der Waals surface area contributed by atoms with Gasteiger partial charge in [0.25, 0.3) is 0 Å². The van der Waals surface area contributed by atoms with E-state index in [1.165, 1.54) is 0 Å². The summed E-state index contributed by atoms with van der Waals surface area (Å²) in [7, 11) is 0. The van der Waals surface area contributed by atoms with Crippen LogP contribution in [0.25, 0.3) is 0 Å². The van der Waals surface area contributed by atoms with Crippen LogP contribution in [-0.4, -0.2) is 29.2 Å². The molecule has 0 radical (unpaired) electrons. The molecular formula is C13H26N2O2. The number of amides is 1. The van der Waals surface area contributed by atoms with Gasteiger partial charge in [-0.15, -0.1) is 0 Å². The van der Waals surface area contributed by atoms with E-state index >= 15 is 0 Å². The van der Waals surface area contributed by atoms with E-state index in [0.717, 1.165) is 32.1 Å². The molecule has 1 amide bonds. The van der Waals surface area contributed by atoms with E-state index in [0.29, 0.717) is 12.3 Å². The topological polar surface area (TPSA) is 75.4 Å². The lowest BCUT2D eigenvalue weighted by Crippen LogP contribution is -2.57. The van der Waals surface area contributed by atoms with Crippen LogP contribution >= 0.6 is 0 Å². The molecule has 1 saturated carbocycles. The summed E-state index contributed by atoms with van der Waals surface area (Å²) in [5.41, 5.74) is 5.37. The molecule has 1 aliphatic rings. The first-order valence-corrected chi connectivity index (χ1v) is 6.71. The van der Waals surface area contributed by atoms with Gasteiger partial charge in [0.1, 0.15) is 0 Å². The van der Waals surface area contributed by atoms with Gasteiger partial charge in [0.05, 0.1) is 18.2 Å². The van der Waals surface area contributed by atoms with Crippen LogP contribution in [0.2, 0.25) is 0 Å². The standard InChI is InChI=1S/C13H26N2O2/c1-3-4-11(14)12(17)15-13(9-16)7-5-10(2)6-8-13/h10-11,16H,3-9,14H2,1-2H3,(H,15,17). The molecule has 1 unspecified atom stereocenters. The zero-order valence-corrected chi connectivity index (χ0v) is 11.0. The summed E-state index contributed by atoms with van der Waals surface area (Å²) in [4.78, 5) is 11.9. The Morgan fingerprint density at radius 1 is 1.53 bits per heavy atom. The number of rotatable bonds is 5. The van der Waals surface area contributed by atoms with Crippen molar-refractivity contribution in [2.24, 2.45) is 11.7 Å². The summed E-state index contributed by atoms with van der Waals surface area (Å²) < 4.78 is 0. The smallest absolute Gasteiger partial charge is 0.237 e. The number of nitrogens with one attached hydrogen (secondary N) is 1. The molecule has 4 nitrogen and oxygen atoms in total. The zero-order chi connectivity index (χ0) is 12.9. The number of aliphatic hydroxyl groups is 1. The lowest BCUT2D eigenvalue weighted by atomic mass is 9.77. The molecule has 0 bridgehead atoms. The van der Waals surface area contributed by atoms with Crippen LogP contribution in [0, 0.1) is 5.92 Å². The van der Waals surface area contributed by atoms with E-state index in [9.17, 15) is 9.90 Å². The molecule has 1 rings (SSSR count). The van der Waals surface area contributed by atoms with E-state index in [1.807, 2.05) is 6.92 Å². The summed E-state index contributed by atoms with van der Waals surface area (Å²) in [6.07, 6.45) is 5.43. The maximum Gasteiger partial charge on any atom is 0.237 e. The monoisotopic (exact) mass is 242 g/mol. The molecule has 1 aliphatic carbocycles. The second kappa shape index (κ2) is 6.36. The van der Waals surface area contributed by atoms with Gasteiger partial charge in [0, 0.05) is 0 Å². The lowest BCUT2D eigenvalue weighted by molar-refractivity contribution is -0.125. The minimum absolute atomic E-state index is 0.0182. The number of hydrogen-bond acceptors (Lipinski definition) is 3. The van der Waals surface area contributed by atoms with E-state index < -0.39 is 11.6 Å². The minimum atomic E-state index is -0.442. The fraction of sp³-hybridized carbons (Fsp3) is 0.923. The molecule has 0 aliphatic heterocycles. The van der Waals surface area contributed by atoms with Crippen LogP contribution < -0.4 is 11.1 Å². The zero-order valence-electron chi connectivity index (χ0n) is 11.0. The molecule has 0 aromatic heterocycles. The van der Waals surface area contributed by atoms with Gasteiger partial charge in [-0.05, 0) is 38.0 Å². The SMILES string of the molecule is CCCC(N)C(=O)NC1(CO)CCC(C)CC1. The molecular weight excluding hydrogens is 216 g/mol. The first-order chi connectivity index (χ1) is 8.03. The Morgan fingerprint density at radius 2 is 2.12 bits per heavy atom. The molecule has 100 valence electrons. The summed E-state index contributed by atoms with van der Waals surface area (Å²) in [5, 5.41) is 12.5. The fourth-order valence-corrected chi connectivity index (χ4v) is 2.43. The van der Waals surface area contributed by atoms with Gasteiger partial charge < -0.3 is 16.2 Å². The number of nitrogens with two attached hydrogens (primary N) is 1. The molecule has 4 N–H and O–H groups in total. The third-order valence-corrected chi connectivity index (χ3v) is 3.86. The van der Waals surface area contributed by atoms with Crippen LogP contribution in [0.3, 0.4) is 0 Å². The molecule has 0 spiro atoms. The number of hydrogen-bond donors (Lipinski definition) is 3. The van der Waals surface area contributed by atoms with E-state index in [1.54, 1.807) is 0 Å². The van der Waals surface area contributed by atoms with Crippen LogP contribution in [0.4, 0.5) is 0 Å². The molecule has 1 atom stereocenters. The Morgan fingerprint density at radius 3 is 2.59 bits per heavy atom. The van der Waals surface area contributed by atoms with Gasteiger partial charge in [-0.2, -0.15) is 0 Å². The molecule has 0 heterocycles. The minimum Gasteiger partial charge on any atom is -0.394 e. The summed E-state index contributed by atoms with van der Waals surface area (Å²) in [6.45, 7) is 4.24. The molecule has 4 heteroatoms. The van der Waals surface area contributed by atoms with E-state index in [4.69, 9.17) is 5.73 Å². The number of aliphatic hydroxyl groups excluding tert-OH is 1. The van der Waals surface area contributed by atoms with Gasteiger partial charge in [-0.25, -0.2) is 0 Å². The maximum atomic E-state index is 11.9. The first-order valence-electron chi connectivity index (χ1n) is 6.71. The number of carbonyl (C=O) groups is 1. The molecule has 17 heavy (non-hydrogen) atoms. The van der Waals surface area contributed by atoms with Crippen LogP contribution in [-0.2, 0) is 4.79 Å². The van der Waals surface area contributed by atoms with Gasteiger partial charge >= 0.3 is 0 Å². The first kappa shape index (κ1) is 14.5. The van der Waals surface area contributed by atoms with Crippen molar-refractivity contribution >= 4 is 5.91 Å². The molecule has 0 aromatic rings. The number of carbonyl (C=O) groups excluding carboxylic acids is 1. The largest absolute Gasteiger partial charge is 0.394 e. The van der Waals surface area contributed by atoms with Crippen molar-refractivity contribution in [1.29, 1.82) is 0 Å². The van der Waals surface area contributed by atoms with Crippen molar-refractivity contribution in [3.63, 3.8) is 0 Å². The molecule has 1 fully saturated rings. The summed E-state index contributed by atoms with van der Waals surface area (Å²) in [5.74, 6) is 0.575. The Hall–Kier alpha value is -0.610. The second-order valence-corrected chi connectivity index (χ2v) is 5.51. The van der Waals surface area contributed by atoms with Crippen molar-refractivity contribution in [2.45, 2.75) is 64.0 Å². The van der Waals surface area contributed by atoms with E-state index in [2.05, 4.69) is 12.2 Å². The lowest BCUT2D eigenvalue weighted by Gasteiger charge is -2.39. The highest BCUT2D eigenvalue weighted by Gasteiger charge is 2.35. The van der Waals surface area contributed by atoms with E-state index in [-0.39, 0.29) is 12.5 Å². The highest BCUT2D eigenvalue weighted by atomic mass is 16.3. The van der Waals surface area contributed by atoms with Gasteiger partial charge in [-0.3, -0.25) is 4.79 Å². The van der Waals surface area contributed by atoms with Crippen molar-refractivity contribution in [3.05, 3.63) is 0 Å². The predicted molar refractivity (Wildman–Crippen MR) is 68.5 cm³/mol. The Labute approximate surface area is 104 Å². The van der Waals surface area contributed by atoms with Crippen LogP contribution in [0.1, 0.15) is 52.4 Å². The Bertz CT molecular complexity index is 248. The van der Waals surface area contributed by atoms with Crippen LogP contribution in [0.15, 0.2) is 0 Å². The van der Waals surface area contributed by atoms with Crippen LogP contribution in [0.5, 0.6) is 0 Å². The Balaban J connectivity index is 2.54. The van der Waals surface area contributed by atoms with Gasteiger partial charge in [0.15, 0.2) is 0 Å². The average molecular weight is 242 g/mol. The summed E-state index contributed by atoms with van der Waals surface area (Å²) >= 11 is 0. The quantitative estimate of drug-likeness (QED) is 0.677. The average Bonchev–Trinajstić information content (AvgIpc) is 2.33. The normalized spacial score (nSPS) is 30.9. The van der Waals surface area contributed by atoms with Crippen molar-refractivity contribution in [3.8, 4) is 0 Å². The third kappa shape index (κ3) is 3.96. The maximum absolute atomic E-state index is 11.9. The Kier molecular flexibility index (Phi) is 5.40. The van der Waals surface area contributed by atoms with Gasteiger partial charge in [0.2, 0.25) is 5.91 Å². The molecule has 0 saturated heterocycles. The van der Waals surface area contributed by atoms with Gasteiger partial charge in [-0.1, -0.05) is 20.3 Å². The van der Waals surface area contributed by atoms with Crippen molar-refractivity contribution in [2.75, 3.05) is 6.61 Å². The van der Waals surface area contributed by atoms with Crippen molar-refractivity contribution in [1.82, 2.24) is 5.32 Å². The molecule has 0 aromatic carbocycles. The highest BCUT2D eigenvalue weighted by Crippen LogP contribution is 2.31. The van der Waals surface area contributed by atoms with Crippen molar-refractivity contribution < 1.29 is 9.90 Å². The predicted octanol–water partition coefficient (Wildman–Crippen LogP) is 1.17.